The number of carboxylic acids is 1. The molecule has 0 bridgehead atoms. The lowest BCUT2D eigenvalue weighted by atomic mass is 10.2. The molecule has 1 atom stereocenters. The molecular weight excluding hydrogens is 182 g/mol. The molecule has 0 amide bonds. The zero-order valence-corrected chi connectivity index (χ0v) is 8.12. The van der Waals surface area contributed by atoms with E-state index in [4.69, 9.17) is 16.2 Å². The van der Waals surface area contributed by atoms with E-state index in [0.29, 0.717) is 31.1 Å². The molecule has 14 heavy (non-hydrogen) atoms. The van der Waals surface area contributed by atoms with Gasteiger partial charge in [0.2, 0.25) is 0 Å². The van der Waals surface area contributed by atoms with Gasteiger partial charge >= 0.3 is 5.97 Å². The summed E-state index contributed by atoms with van der Waals surface area (Å²) < 4.78 is 0. The highest BCUT2D eigenvalue weighted by atomic mass is 16.4. The zero-order valence-electron chi connectivity index (χ0n) is 8.12. The van der Waals surface area contributed by atoms with Gasteiger partial charge in [-0.25, -0.2) is 0 Å². The molecule has 0 saturated heterocycles. The average molecular weight is 199 g/mol. The largest absolute Gasteiger partial charge is 0.480 e. The quantitative estimate of drug-likeness (QED) is 0.278. The summed E-state index contributed by atoms with van der Waals surface area (Å²) in [7, 11) is 0. The van der Waals surface area contributed by atoms with Gasteiger partial charge in [0.1, 0.15) is 6.04 Å². The summed E-state index contributed by atoms with van der Waals surface area (Å²) >= 11 is 0. The Hall–Kier alpha value is -1.10. The van der Waals surface area contributed by atoms with Crippen LogP contribution in [0.2, 0.25) is 0 Å². The van der Waals surface area contributed by atoms with Crippen LogP contribution in [0.1, 0.15) is 25.7 Å². The van der Waals surface area contributed by atoms with Gasteiger partial charge in [-0.15, -0.1) is 0 Å². The van der Waals surface area contributed by atoms with Crippen molar-refractivity contribution < 1.29 is 9.90 Å². The third kappa shape index (κ3) is 3.74. The first-order valence-corrected chi connectivity index (χ1v) is 4.92. The number of nitrogens with two attached hydrogens (primary N) is 1. The van der Waals surface area contributed by atoms with Crippen LogP contribution in [-0.4, -0.2) is 29.5 Å². The maximum absolute atomic E-state index is 10.4. The second-order valence-electron chi connectivity index (χ2n) is 3.70. The van der Waals surface area contributed by atoms with Gasteiger partial charge in [-0.3, -0.25) is 10.2 Å². The maximum atomic E-state index is 10.4. The average Bonchev–Trinajstić information content (AvgIpc) is 2.94. The predicted molar refractivity (Wildman–Crippen MR) is 53.3 cm³/mol. The van der Waals surface area contributed by atoms with Gasteiger partial charge in [-0.2, -0.15) is 0 Å². The van der Waals surface area contributed by atoms with Gasteiger partial charge in [0.25, 0.3) is 0 Å². The van der Waals surface area contributed by atoms with E-state index in [1.807, 2.05) is 0 Å². The number of carboxylic acid groups (broad SMARTS) is 1. The van der Waals surface area contributed by atoms with Gasteiger partial charge in [0, 0.05) is 12.5 Å². The van der Waals surface area contributed by atoms with E-state index in [-0.39, 0.29) is 0 Å². The fourth-order valence-electron chi connectivity index (χ4n) is 1.18. The molecule has 5 heteroatoms. The van der Waals surface area contributed by atoms with Crippen molar-refractivity contribution in [2.75, 3.05) is 6.54 Å². The van der Waals surface area contributed by atoms with Gasteiger partial charge < -0.3 is 16.2 Å². The summed E-state index contributed by atoms with van der Waals surface area (Å²) in [6.07, 6.45) is 3.38. The van der Waals surface area contributed by atoms with Crippen LogP contribution in [-0.2, 0) is 4.79 Å². The van der Waals surface area contributed by atoms with Crippen molar-refractivity contribution in [3.63, 3.8) is 0 Å². The molecule has 1 aliphatic rings. The van der Waals surface area contributed by atoms with Gasteiger partial charge in [0.15, 0.2) is 0 Å². The molecule has 0 spiro atoms. The lowest BCUT2D eigenvalue weighted by Gasteiger charge is -2.08. The van der Waals surface area contributed by atoms with E-state index in [0.717, 1.165) is 12.8 Å². The number of aliphatic carboxylic acids is 1. The molecule has 0 unspecified atom stereocenters. The van der Waals surface area contributed by atoms with Gasteiger partial charge in [-0.05, 0) is 25.7 Å². The van der Waals surface area contributed by atoms with Crippen LogP contribution >= 0.6 is 0 Å². The lowest BCUT2D eigenvalue weighted by molar-refractivity contribution is -0.138. The monoisotopic (exact) mass is 199 g/mol. The fourth-order valence-corrected chi connectivity index (χ4v) is 1.18. The minimum absolute atomic E-state index is 0.433. The number of carbonyl (C=O) groups is 1. The Labute approximate surface area is 83.2 Å². The topological polar surface area (TPSA) is 99.2 Å². The second kappa shape index (κ2) is 4.95. The minimum atomic E-state index is -0.956. The zero-order chi connectivity index (χ0) is 10.6. The SMILES string of the molecule is N=C(NCCC[C@H](N)C(=O)O)C1CC1. The Morgan fingerprint density at radius 2 is 2.29 bits per heavy atom. The van der Waals surface area contributed by atoms with Gasteiger partial charge in [0.05, 0.1) is 5.84 Å². The predicted octanol–water partition coefficient (Wildman–Crippen LogP) is 0.155. The van der Waals surface area contributed by atoms with E-state index in [1.54, 1.807) is 0 Å². The Bertz CT molecular complexity index is 226. The molecule has 0 aromatic rings. The van der Waals surface area contributed by atoms with Gasteiger partial charge in [-0.1, -0.05) is 0 Å². The molecule has 1 fully saturated rings. The number of nitrogens with one attached hydrogen (secondary N) is 2. The van der Waals surface area contributed by atoms with E-state index >= 15 is 0 Å². The van der Waals surface area contributed by atoms with Crippen LogP contribution in [0.5, 0.6) is 0 Å². The van der Waals surface area contributed by atoms with Crippen molar-refractivity contribution in [3.8, 4) is 0 Å². The molecule has 1 rings (SSSR count). The van der Waals surface area contributed by atoms with Crippen molar-refractivity contribution >= 4 is 11.8 Å². The fraction of sp³-hybridized carbons (Fsp3) is 0.778. The van der Waals surface area contributed by atoms with Crippen LogP contribution in [0, 0.1) is 11.3 Å². The molecule has 5 nitrogen and oxygen atoms in total. The Balaban J connectivity index is 1.98. The van der Waals surface area contributed by atoms with E-state index < -0.39 is 12.0 Å². The normalized spacial score (nSPS) is 17.5. The summed E-state index contributed by atoms with van der Waals surface area (Å²) in [6, 6.07) is -0.771. The highest BCUT2D eigenvalue weighted by Crippen LogP contribution is 2.28. The molecule has 0 aromatic carbocycles. The summed E-state index contributed by atoms with van der Waals surface area (Å²) in [5.74, 6) is 0.0688. The molecular formula is C9H17N3O2. The number of hydrogen-bond acceptors (Lipinski definition) is 3. The van der Waals surface area contributed by atoms with Crippen molar-refractivity contribution in [1.82, 2.24) is 5.32 Å². The summed E-state index contributed by atoms with van der Waals surface area (Å²) in [6.45, 7) is 0.649. The van der Waals surface area contributed by atoms with E-state index in [1.165, 1.54) is 0 Å². The Kier molecular flexibility index (Phi) is 3.88. The summed E-state index contributed by atoms with van der Waals surface area (Å²) in [4.78, 5) is 10.4. The number of amidine groups is 1. The molecule has 0 aliphatic heterocycles. The molecule has 80 valence electrons. The molecule has 0 aromatic heterocycles. The number of hydrogen-bond donors (Lipinski definition) is 4. The standard InChI is InChI=1S/C9H17N3O2/c10-7(9(13)14)2-1-5-12-8(11)6-3-4-6/h6-7H,1-5,10H2,(H2,11,12)(H,13,14)/t7-/m0/s1. The molecule has 0 heterocycles. The van der Waals surface area contributed by atoms with Crippen LogP contribution in [0.4, 0.5) is 0 Å². The number of rotatable bonds is 6. The second-order valence-corrected chi connectivity index (χ2v) is 3.70. The van der Waals surface area contributed by atoms with Crippen molar-refractivity contribution in [2.24, 2.45) is 11.7 Å². The van der Waals surface area contributed by atoms with Crippen LogP contribution in [0.25, 0.3) is 0 Å². The molecule has 0 radical (unpaired) electrons. The van der Waals surface area contributed by atoms with Crippen molar-refractivity contribution in [3.05, 3.63) is 0 Å². The minimum Gasteiger partial charge on any atom is -0.480 e. The first-order valence-electron chi connectivity index (χ1n) is 4.92. The van der Waals surface area contributed by atoms with Crippen LogP contribution in [0.3, 0.4) is 0 Å². The highest BCUT2D eigenvalue weighted by Gasteiger charge is 2.25. The van der Waals surface area contributed by atoms with E-state index in [2.05, 4.69) is 5.32 Å². The third-order valence-electron chi connectivity index (χ3n) is 2.31. The maximum Gasteiger partial charge on any atom is 0.320 e. The first-order chi connectivity index (χ1) is 6.61. The first kappa shape index (κ1) is 11.0. The smallest absolute Gasteiger partial charge is 0.320 e. The Morgan fingerprint density at radius 3 is 2.79 bits per heavy atom. The summed E-state index contributed by atoms with van der Waals surface area (Å²) in [5.41, 5.74) is 5.32. The van der Waals surface area contributed by atoms with Crippen LogP contribution < -0.4 is 11.1 Å². The molecule has 1 aliphatic carbocycles. The third-order valence-corrected chi connectivity index (χ3v) is 2.31. The van der Waals surface area contributed by atoms with Crippen molar-refractivity contribution in [2.45, 2.75) is 31.7 Å². The van der Waals surface area contributed by atoms with Crippen molar-refractivity contribution in [1.29, 1.82) is 5.41 Å². The summed E-state index contributed by atoms with van der Waals surface area (Å²) in [5, 5.41) is 19.0. The van der Waals surface area contributed by atoms with E-state index in [9.17, 15) is 4.79 Å². The van der Waals surface area contributed by atoms with Crippen LogP contribution in [0.15, 0.2) is 0 Å². The Morgan fingerprint density at radius 1 is 1.64 bits per heavy atom. The molecule has 1 saturated carbocycles. The lowest BCUT2D eigenvalue weighted by Crippen LogP contribution is -2.32. The highest BCUT2D eigenvalue weighted by molar-refractivity contribution is 5.83. The molecule has 5 N–H and O–H groups in total.